The molecule has 82 valence electrons. The van der Waals surface area contributed by atoms with Gasteiger partial charge in [-0.05, 0) is 26.0 Å². The van der Waals surface area contributed by atoms with Crippen LogP contribution in [0.3, 0.4) is 0 Å². The number of pyridine rings is 1. The Morgan fingerprint density at radius 3 is 2.67 bits per heavy atom. The Kier molecular flexibility index (Phi) is 2.86. The average Bonchev–Trinajstić information content (AvgIpc) is 2.16. The highest BCUT2D eigenvalue weighted by atomic mass is 19.1. The van der Waals surface area contributed by atoms with Crippen LogP contribution in [0.15, 0.2) is 18.3 Å². The lowest BCUT2D eigenvalue weighted by Gasteiger charge is -2.36. The zero-order valence-corrected chi connectivity index (χ0v) is 8.98. The maximum absolute atomic E-state index is 13.5. The Morgan fingerprint density at radius 2 is 2.07 bits per heavy atom. The van der Waals surface area contributed by atoms with Gasteiger partial charge in [-0.3, -0.25) is 0 Å². The molecule has 3 nitrogen and oxygen atoms in total. The third-order valence-electron chi connectivity index (χ3n) is 2.46. The van der Waals surface area contributed by atoms with Crippen LogP contribution >= 0.6 is 0 Å². The summed E-state index contributed by atoms with van der Waals surface area (Å²) in [7, 11) is 0. The van der Waals surface area contributed by atoms with Crippen LogP contribution in [-0.4, -0.2) is 30.3 Å². The van der Waals surface area contributed by atoms with E-state index < -0.39 is 0 Å². The van der Waals surface area contributed by atoms with Crippen LogP contribution in [0.4, 0.5) is 10.2 Å². The quantitative estimate of drug-likeness (QED) is 0.707. The first-order chi connectivity index (χ1) is 7.16. The second-order valence-corrected chi connectivity index (χ2v) is 3.97. The van der Waals surface area contributed by atoms with Crippen molar-refractivity contribution in [1.29, 1.82) is 0 Å². The highest BCUT2D eigenvalue weighted by Crippen LogP contribution is 2.20. The normalized spacial score (nSPS) is 26.7. The first-order valence-corrected chi connectivity index (χ1v) is 5.17. The standard InChI is InChI=1S/C11H15FN2O/c1-8-6-14(7-9(2)15-8)11-10(12)4-3-5-13-11/h3-5,8-9H,6-7H2,1-2H3. The zero-order valence-electron chi connectivity index (χ0n) is 8.98. The molecule has 15 heavy (non-hydrogen) atoms. The number of nitrogens with zero attached hydrogens (tertiary/aromatic N) is 2. The summed E-state index contributed by atoms with van der Waals surface area (Å²) in [5, 5.41) is 0. The molecule has 1 aliphatic heterocycles. The van der Waals surface area contributed by atoms with Gasteiger partial charge in [-0.15, -0.1) is 0 Å². The van der Waals surface area contributed by atoms with E-state index in [1.165, 1.54) is 6.07 Å². The molecule has 0 N–H and O–H groups in total. The van der Waals surface area contributed by atoms with E-state index in [9.17, 15) is 4.39 Å². The van der Waals surface area contributed by atoms with Crippen molar-refractivity contribution in [3.8, 4) is 0 Å². The van der Waals surface area contributed by atoms with Gasteiger partial charge in [-0.1, -0.05) is 0 Å². The summed E-state index contributed by atoms with van der Waals surface area (Å²) in [4.78, 5) is 6.00. The Bertz CT molecular complexity index is 335. The van der Waals surface area contributed by atoms with Gasteiger partial charge in [-0.2, -0.15) is 0 Å². The van der Waals surface area contributed by atoms with Crippen molar-refractivity contribution >= 4 is 5.82 Å². The van der Waals surface area contributed by atoms with Gasteiger partial charge in [-0.25, -0.2) is 9.37 Å². The topological polar surface area (TPSA) is 25.4 Å². The van der Waals surface area contributed by atoms with Crippen molar-refractivity contribution in [3.05, 3.63) is 24.1 Å². The lowest BCUT2D eigenvalue weighted by molar-refractivity contribution is -0.00564. The SMILES string of the molecule is CC1CN(c2ncccc2F)CC(C)O1. The molecule has 0 bridgehead atoms. The van der Waals surface area contributed by atoms with Gasteiger partial charge in [0, 0.05) is 19.3 Å². The number of hydrogen-bond acceptors (Lipinski definition) is 3. The molecule has 0 spiro atoms. The molecular formula is C11H15FN2O. The van der Waals surface area contributed by atoms with E-state index in [-0.39, 0.29) is 18.0 Å². The van der Waals surface area contributed by atoms with Crippen LogP contribution in [0, 0.1) is 5.82 Å². The Balaban J connectivity index is 2.20. The van der Waals surface area contributed by atoms with Gasteiger partial charge in [0.1, 0.15) is 0 Å². The fourth-order valence-corrected chi connectivity index (χ4v) is 1.96. The third-order valence-corrected chi connectivity index (χ3v) is 2.46. The van der Waals surface area contributed by atoms with Crippen LogP contribution in [0.25, 0.3) is 0 Å². The van der Waals surface area contributed by atoms with Crippen LogP contribution in [0.5, 0.6) is 0 Å². The average molecular weight is 210 g/mol. The van der Waals surface area contributed by atoms with E-state index in [0.717, 1.165) is 0 Å². The number of rotatable bonds is 1. The molecule has 1 fully saturated rings. The molecule has 0 aliphatic carbocycles. The summed E-state index contributed by atoms with van der Waals surface area (Å²) in [6, 6.07) is 3.04. The lowest BCUT2D eigenvalue weighted by Crippen LogP contribution is -2.46. The number of halogens is 1. The van der Waals surface area contributed by atoms with Gasteiger partial charge in [0.05, 0.1) is 12.2 Å². The molecule has 0 radical (unpaired) electrons. The molecule has 2 unspecified atom stereocenters. The molecule has 1 saturated heterocycles. The van der Waals surface area contributed by atoms with Gasteiger partial charge >= 0.3 is 0 Å². The van der Waals surface area contributed by atoms with Gasteiger partial charge in [0.2, 0.25) is 0 Å². The zero-order chi connectivity index (χ0) is 10.8. The van der Waals surface area contributed by atoms with Crippen molar-refractivity contribution in [1.82, 2.24) is 4.98 Å². The molecule has 4 heteroatoms. The van der Waals surface area contributed by atoms with Crippen molar-refractivity contribution in [3.63, 3.8) is 0 Å². The summed E-state index contributed by atoms with van der Waals surface area (Å²) < 4.78 is 19.1. The van der Waals surface area contributed by atoms with E-state index in [1.54, 1.807) is 12.3 Å². The molecule has 1 aromatic rings. The first kappa shape index (κ1) is 10.4. The lowest BCUT2D eigenvalue weighted by atomic mass is 10.2. The van der Waals surface area contributed by atoms with Gasteiger partial charge < -0.3 is 9.64 Å². The molecule has 2 heterocycles. The van der Waals surface area contributed by atoms with Gasteiger partial charge in [0.15, 0.2) is 11.6 Å². The second kappa shape index (κ2) is 4.14. The van der Waals surface area contributed by atoms with Crippen molar-refractivity contribution in [2.75, 3.05) is 18.0 Å². The molecule has 1 aromatic heterocycles. The molecular weight excluding hydrogens is 195 g/mol. The fourth-order valence-electron chi connectivity index (χ4n) is 1.96. The minimum absolute atomic E-state index is 0.121. The summed E-state index contributed by atoms with van der Waals surface area (Å²) >= 11 is 0. The van der Waals surface area contributed by atoms with Crippen LogP contribution in [-0.2, 0) is 4.74 Å². The molecule has 1 aliphatic rings. The Labute approximate surface area is 88.9 Å². The fraction of sp³-hybridized carbons (Fsp3) is 0.545. The third kappa shape index (κ3) is 2.26. The van der Waals surface area contributed by atoms with Crippen LogP contribution in [0.2, 0.25) is 0 Å². The molecule has 0 saturated carbocycles. The predicted octanol–water partition coefficient (Wildman–Crippen LogP) is 1.83. The smallest absolute Gasteiger partial charge is 0.165 e. The minimum Gasteiger partial charge on any atom is -0.372 e. The molecule has 0 aromatic carbocycles. The Morgan fingerprint density at radius 1 is 1.40 bits per heavy atom. The summed E-state index contributed by atoms with van der Waals surface area (Å²) in [6.07, 6.45) is 1.86. The first-order valence-electron chi connectivity index (χ1n) is 5.17. The van der Waals surface area contributed by atoms with E-state index in [4.69, 9.17) is 4.74 Å². The molecule has 0 amide bonds. The summed E-state index contributed by atoms with van der Waals surface area (Å²) in [6.45, 7) is 5.36. The number of ether oxygens (including phenoxy) is 1. The largest absolute Gasteiger partial charge is 0.372 e. The van der Waals surface area contributed by atoms with Gasteiger partial charge in [0.25, 0.3) is 0 Å². The maximum atomic E-state index is 13.5. The van der Waals surface area contributed by atoms with Crippen LogP contribution in [0.1, 0.15) is 13.8 Å². The van der Waals surface area contributed by atoms with Crippen molar-refractivity contribution in [2.24, 2.45) is 0 Å². The van der Waals surface area contributed by atoms with Crippen molar-refractivity contribution in [2.45, 2.75) is 26.1 Å². The van der Waals surface area contributed by atoms with Crippen molar-refractivity contribution < 1.29 is 9.13 Å². The number of hydrogen-bond donors (Lipinski definition) is 0. The van der Waals surface area contributed by atoms with E-state index in [1.807, 2.05) is 18.7 Å². The maximum Gasteiger partial charge on any atom is 0.165 e. The molecule has 2 rings (SSSR count). The molecule has 2 atom stereocenters. The number of anilines is 1. The number of aromatic nitrogens is 1. The minimum atomic E-state index is -0.265. The predicted molar refractivity (Wildman–Crippen MR) is 56.4 cm³/mol. The monoisotopic (exact) mass is 210 g/mol. The van der Waals surface area contributed by atoms with E-state index in [0.29, 0.717) is 18.9 Å². The summed E-state index contributed by atoms with van der Waals surface area (Å²) in [5.74, 6) is 0.165. The Hall–Kier alpha value is -1.16. The van der Waals surface area contributed by atoms with E-state index in [2.05, 4.69) is 4.98 Å². The summed E-state index contributed by atoms with van der Waals surface area (Å²) in [5.41, 5.74) is 0. The highest BCUT2D eigenvalue weighted by molar-refractivity contribution is 5.40. The second-order valence-electron chi connectivity index (χ2n) is 3.97. The number of morpholine rings is 1. The van der Waals surface area contributed by atoms with Crippen LogP contribution < -0.4 is 4.90 Å². The highest BCUT2D eigenvalue weighted by Gasteiger charge is 2.24. The van der Waals surface area contributed by atoms with E-state index >= 15 is 0 Å².